The molecule has 6 nitrogen and oxygen atoms in total. The van der Waals surface area contributed by atoms with Gasteiger partial charge in [0.1, 0.15) is 5.75 Å². The van der Waals surface area contributed by atoms with Crippen molar-refractivity contribution < 1.29 is 9.53 Å². The smallest absolute Gasteiger partial charge is 0.254 e. The van der Waals surface area contributed by atoms with E-state index in [0.717, 1.165) is 61.2 Å². The highest BCUT2D eigenvalue weighted by Gasteiger charge is 2.26. The zero-order valence-electron chi connectivity index (χ0n) is 19.3. The standard InChI is InChI=1S/C27H24N4O2S2/c1-2-33-18-9-10-22-25(16-18)35-27(29-22)31-13-11-30(12-14-31)26(32)20-17-23(24-8-5-15-34-24)28-21-7-4-3-6-19(20)21/h3-10,15-17H,2,11-14H2,1H3. The highest BCUT2D eigenvalue weighted by atomic mass is 32.1. The number of para-hydroxylation sites is 1. The average molecular weight is 501 g/mol. The highest BCUT2D eigenvalue weighted by molar-refractivity contribution is 7.22. The number of thiophene rings is 1. The number of benzene rings is 2. The third kappa shape index (κ3) is 4.24. The summed E-state index contributed by atoms with van der Waals surface area (Å²) < 4.78 is 6.75. The number of rotatable bonds is 5. The number of thiazole rings is 1. The third-order valence-electron chi connectivity index (χ3n) is 6.22. The summed E-state index contributed by atoms with van der Waals surface area (Å²) >= 11 is 3.31. The zero-order valence-corrected chi connectivity index (χ0v) is 20.9. The molecule has 0 bridgehead atoms. The van der Waals surface area contributed by atoms with Gasteiger partial charge in [0.2, 0.25) is 0 Å². The lowest BCUT2D eigenvalue weighted by Crippen LogP contribution is -2.48. The van der Waals surface area contributed by atoms with Crippen molar-refractivity contribution in [3.8, 4) is 16.3 Å². The van der Waals surface area contributed by atoms with Crippen molar-refractivity contribution in [2.45, 2.75) is 6.92 Å². The Labute approximate surface area is 211 Å². The van der Waals surface area contributed by atoms with E-state index in [9.17, 15) is 4.79 Å². The van der Waals surface area contributed by atoms with Gasteiger partial charge in [-0.05, 0) is 48.7 Å². The Morgan fingerprint density at radius 1 is 0.971 bits per heavy atom. The maximum atomic E-state index is 13.7. The van der Waals surface area contributed by atoms with E-state index in [1.165, 1.54) is 0 Å². The van der Waals surface area contributed by atoms with Gasteiger partial charge in [-0.25, -0.2) is 9.97 Å². The molecule has 0 spiro atoms. The molecule has 1 saturated heterocycles. The second-order valence-electron chi connectivity index (χ2n) is 8.39. The second-order valence-corrected chi connectivity index (χ2v) is 10.3. The molecule has 6 rings (SSSR count). The van der Waals surface area contributed by atoms with Crippen molar-refractivity contribution in [1.82, 2.24) is 14.9 Å². The molecule has 1 fully saturated rings. The molecule has 4 heterocycles. The van der Waals surface area contributed by atoms with Crippen LogP contribution in [-0.4, -0.2) is 53.6 Å². The van der Waals surface area contributed by atoms with Crippen molar-refractivity contribution in [2.75, 3.05) is 37.7 Å². The molecule has 0 radical (unpaired) electrons. The summed E-state index contributed by atoms with van der Waals surface area (Å²) in [5.74, 6) is 0.934. The fourth-order valence-electron chi connectivity index (χ4n) is 4.46. The quantitative estimate of drug-likeness (QED) is 0.299. The number of amides is 1. The molecule has 0 aliphatic carbocycles. The van der Waals surface area contributed by atoms with Gasteiger partial charge in [0.15, 0.2) is 5.13 Å². The highest BCUT2D eigenvalue weighted by Crippen LogP contribution is 2.33. The van der Waals surface area contributed by atoms with Crippen LogP contribution in [0.2, 0.25) is 0 Å². The maximum absolute atomic E-state index is 13.7. The van der Waals surface area contributed by atoms with Crippen molar-refractivity contribution in [3.05, 3.63) is 71.6 Å². The van der Waals surface area contributed by atoms with Gasteiger partial charge in [-0.3, -0.25) is 4.79 Å². The van der Waals surface area contributed by atoms with Crippen LogP contribution in [-0.2, 0) is 0 Å². The normalized spacial score (nSPS) is 14.1. The minimum absolute atomic E-state index is 0.0618. The molecule has 0 saturated carbocycles. The maximum Gasteiger partial charge on any atom is 0.254 e. The van der Waals surface area contributed by atoms with Crippen LogP contribution in [0, 0.1) is 0 Å². The molecule has 0 atom stereocenters. The van der Waals surface area contributed by atoms with Crippen LogP contribution in [0.25, 0.3) is 31.7 Å². The monoisotopic (exact) mass is 500 g/mol. The molecule has 176 valence electrons. The zero-order chi connectivity index (χ0) is 23.8. The molecule has 1 aliphatic rings. The topological polar surface area (TPSA) is 58.6 Å². The summed E-state index contributed by atoms with van der Waals surface area (Å²) in [6, 6.07) is 19.9. The number of hydrogen-bond donors (Lipinski definition) is 0. The third-order valence-corrected chi connectivity index (χ3v) is 8.19. The Morgan fingerprint density at radius 3 is 2.63 bits per heavy atom. The Hall–Kier alpha value is -3.49. The molecular weight excluding hydrogens is 476 g/mol. The Morgan fingerprint density at radius 2 is 1.83 bits per heavy atom. The van der Waals surface area contributed by atoms with Crippen molar-refractivity contribution in [2.24, 2.45) is 0 Å². The fourth-order valence-corrected chi connectivity index (χ4v) is 6.19. The number of ether oxygens (including phenoxy) is 1. The van der Waals surface area contributed by atoms with E-state index in [2.05, 4.69) is 11.0 Å². The Kier molecular flexibility index (Phi) is 5.83. The number of pyridine rings is 1. The molecule has 1 aliphatic heterocycles. The van der Waals surface area contributed by atoms with Gasteiger partial charge in [0.25, 0.3) is 5.91 Å². The summed E-state index contributed by atoms with van der Waals surface area (Å²) in [6.07, 6.45) is 0. The molecule has 1 amide bonds. The van der Waals surface area contributed by atoms with Crippen molar-refractivity contribution in [3.63, 3.8) is 0 Å². The van der Waals surface area contributed by atoms with Crippen LogP contribution in [0.5, 0.6) is 5.75 Å². The lowest BCUT2D eigenvalue weighted by atomic mass is 10.1. The predicted molar refractivity (Wildman–Crippen MR) is 144 cm³/mol. The molecule has 0 unspecified atom stereocenters. The Balaban J connectivity index is 1.23. The Bertz CT molecular complexity index is 1500. The predicted octanol–water partition coefficient (Wildman–Crippen LogP) is 5.93. The number of hydrogen-bond acceptors (Lipinski definition) is 7. The van der Waals surface area contributed by atoms with Crippen LogP contribution in [0.4, 0.5) is 5.13 Å². The van der Waals surface area contributed by atoms with Gasteiger partial charge in [0, 0.05) is 31.6 Å². The van der Waals surface area contributed by atoms with Gasteiger partial charge in [-0.15, -0.1) is 11.3 Å². The molecule has 0 N–H and O–H groups in total. The number of anilines is 1. The largest absolute Gasteiger partial charge is 0.494 e. The SMILES string of the molecule is CCOc1ccc2nc(N3CCN(C(=O)c4cc(-c5cccs5)nc5ccccc45)CC3)sc2c1. The first kappa shape index (κ1) is 22.0. The molecular formula is C27H24N4O2S2. The van der Waals surface area contributed by atoms with Crippen molar-refractivity contribution >= 4 is 54.8 Å². The summed E-state index contributed by atoms with van der Waals surface area (Å²) in [4.78, 5) is 28.6. The van der Waals surface area contributed by atoms with Crippen LogP contribution in [0.15, 0.2) is 66.0 Å². The summed E-state index contributed by atoms with van der Waals surface area (Å²) in [6.45, 7) is 5.46. The first-order valence-corrected chi connectivity index (χ1v) is 13.4. The van der Waals surface area contributed by atoms with E-state index in [0.29, 0.717) is 19.7 Å². The minimum Gasteiger partial charge on any atom is -0.494 e. The average Bonchev–Trinajstić information content (AvgIpc) is 3.58. The molecule has 8 heteroatoms. The van der Waals surface area contributed by atoms with Crippen molar-refractivity contribution in [1.29, 1.82) is 0 Å². The van der Waals surface area contributed by atoms with E-state index in [1.807, 2.05) is 71.8 Å². The second kappa shape index (κ2) is 9.28. The molecule has 35 heavy (non-hydrogen) atoms. The van der Waals surface area contributed by atoms with Crippen LogP contribution >= 0.6 is 22.7 Å². The van der Waals surface area contributed by atoms with E-state index in [4.69, 9.17) is 14.7 Å². The number of aromatic nitrogens is 2. The minimum atomic E-state index is 0.0618. The number of fused-ring (bicyclic) bond motifs is 2. The lowest BCUT2D eigenvalue weighted by molar-refractivity contribution is 0.0748. The number of carbonyl (C=O) groups is 1. The summed E-state index contributed by atoms with van der Waals surface area (Å²) in [7, 11) is 0. The molecule has 2 aromatic carbocycles. The van der Waals surface area contributed by atoms with Crippen LogP contribution in [0.3, 0.4) is 0 Å². The van der Waals surface area contributed by atoms with Gasteiger partial charge in [-0.1, -0.05) is 35.6 Å². The number of nitrogens with zero attached hydrogens (tertiary/aromatic N) is 4. The van der Waals surface area contributed by atoms with E-state index >= 15 is 0 Å². The number of carbonyl (C=O) groups excluding carboxylic acids is 1. The van der Waals surface area contributed by atoms with Gasteiger partial charge >= 0.3 is 0 Å². The van der Waals surface area contributed by atoms with Crippen LogP contribution in [0.1, 0.15) is 17.3 Å². The van der Waals surface area contributed by atoms with E-state index < -0.39 is 0 Å². The van der Waals surface area contributed by atoms with Gasteiger partial charge in [-0.2, -0.15) is 0 Å². The van der Waals surface area contributed by atoms with E-state index in [-0.39, 0.29) is 5.91 Å². The number of piperazine rings is 1. The summed E-state index contributed by atoms with van der Waals surface area (Å²) in [5.41, 5.74) is 3.40. The lowest BCUT2D eigenvalue weighted by Gasteiger charge is -2.34. The molecule has 3 aromatic heterocycles. The van der Waals surface area contributed by atoms with E-state index in [1.54, 1.807) is 22.7 Å². The fraction of sp³-hybridized carbons (Fsp3) is 0.222. The van der Waals surface area contributed by atoms with Crippen LogP contribution < -0.4 is 9.64 Å². The van der Waals surface area contributed by atoms with Gasteiger partial charge in [0.05, 0.1) is 38.5 Å². The summed E-state index contributed by atoms with van der Waals surface area (Å²) in [5, 5.41) is 3.93. The van der Waals surface area contributed by atoms with Gasteiger partial charge < -0.3 is 14.5 Å². The molecule has 5 aromatic rings. The first-order valence-electron chi connectivity index (χ1n) is 11.7. The first-order chi connectivity index (χ1) is 17.2.